The molecule has 0 saturated heterocycles. The number of ether oxygens (including phenoxy) is 1. The highest BCUT2D eigenvalue weighted by atomic mass is 32.2. The van der Waals surface area contributed by atoms with E-state index in [0.717, 1.165) is 29.8 Å². The van der Waals surface area contributed by atoms with Gasteiger partial charge in [0.1, 0.15) is 5.75 Å². The lowest BCUT2D eigenvalue weighted by Crippen LogP contribution is -2.36. The Kier molecular flexibility index (Phi) is 5.27. The molecule has 5 heteroatoms. The summed E-state index contributed by atoms with van der Waals surface area (Å²) in [5.41, 5.74) is 2.20. The lowest BCUT2D eigenvalue weighted by Gasteiger charge is -2.22. The number of benzene rings is 1. The van der Waals surface area contributed by atoms with E-state index >= 15 is 0 Å². The Morgan fingerprint density at radius 1 is 1.29 bits per heavy atom. The number of rotatable bonds is 7. The molecule has 1 aromatic rings. The third-order valence-corrected chi connectivity index (χ3v) is 6.38. The minimum Gasteiger partial charge on any atom is -0.497 e. The van der Waals surface area contributed by atoms with Crippen molar-refractivity contribution in [2.45, 2.75) is 44.4 Å². The van der Waals surface area contributed by atoms with Crippen molar-refractivity contribution in [3.8, 4) is 5.75 Å². The molecular weight excluding hydrogens is 286 g/mol. The van der Waals surface area contributed by atoms with Crippen LogP contribution in [0.25, 0.3) is 0 Å². The van der Waals surface area contributed by atoms with Gasteiger partial charge in [0, 0.05) is 6.04 Å². The predicted molar refractivity (Wildman–Crippen MR) is 85.6 cm³/mol. The van der Waals surface area contributed by atoms with Crippen LogP contribution in [0.1, 0.15) is 43.9 Å². The van der Waals surface area contributed by atoms with Gasteiger partial charge in [-0.2, -0.15) is 0 Å². The van der Waals surface area contributed by atoms with Crippen LogP contribution in [0.3, 0.4) is 0 Å². The quantitative estimate of drug-likeness (QED) is 0.840. The highest BCUT2D eigenvalue weighted by molar-refractivity contribution is 7.92. The molecule has 0 radical (unpaired) electrons. The summed E-state index contributed by atoms with van der Waals surface area (Å²) in [6.45, 7) is 4.82. The molecule has 1 aliphatic carbocycles. The van der Waals surface area contributed by atoms with Crippen molar-refractivity contribution in [2.75, 3.05) is 19.4 Å². The Bertz CT molecular complexity index is 583. The maximum Gasteiger partial charge on any atom is 0.155 e. The van der Waals surface area contributed by atoms with Crippen LogP contribution in [0.5, 0.6) is 5.75 Å². The number of sulfone groups is 1. The lowest BCUT2D eigenvalue weighted by atomic mass is 10.1. The highest BCUT2D eigenvalue weighted by Gasteiger charge is 2.40. The first-order chi connectivity index (χ1) is 10.0. The SMILES string of the molecule is CCCNC1c2cc(OC)ccc2CC1S(=O)(=O)CCC. The standard InChI is InChI=1S/C16H25NO3S/c1-4-8-17-16-14-11-13(20-3)7-6-12(14)10-15(16)21(18,19)9-5-2/h6-7,11,15-17H,4-5,8-10H2,1-3H3. The fourth-order valence-electron chi connectivity index (χ4n) is 3.02. The van der Waals surface area contributed by atoms with Gasteiger partial charge >= 0.3 is 0 Å². The Morgan fingerprint density at radius 3 is 2.67 bits per heavy atom. The summed E-state index contributed by atoms with van der Waals surface area (Å²) in [4.78, 5) is 0. The first kappa shape index (κ1) is 16.3. The van der Waals surface area contributed by atoms with Crippen molar-refractivity contribution >= 4 is 9.84 Å². The van der Waals surface area contributed by atoms with Crippen LogP contribution in [0.2, 0.25) is 0 Å². The van der Waals surface area contributed by atoms with Gasteiger partial charge in [-0.3, -0.25) is 0 Å². The van der Waals surface area contributed by atoms with Crippen molar-refractivity contribution in [2.24, 2.45) is 0 Å². The van der Waals surface area contributed by atoms with E-state index in [1.54, 1.807) is 7.11 Å². The van der Waals surface area contributed by atoms with Gasteiger partial charge < -0.3 is 10.1 Å². The Hall–Kier alpha value is -1.07. The van der Waals surface area contributed by atoms with Crippen LogP contribution < -0.4 is 10.1 Å². The van der Waals surface area contributed by atoms with E-state index in [0.29, 0.717) is 12.8 Å². The Labute approximate surface area is 127 Å². The molecule has 0 aliphatic heterocycles. The fourth-order valence-corrected chi connectivity index (χ4v) is 4.98. The van der Waals surface area contributed by atoms with E-state index in [-0.39, 0.29) is 17.0 Å². The second kappa shape index (κ2) is 6.79. The third kappa shape index (κ3) is 3.40. The maximum atomic E-state index is 12.6. The van der Waals surface area contributed by atoms with Gasteiger partial charge in [-0.05, 0) is 49.1 Å². The molecule has 0 heterocycles. The molecule has 2 unspecified atom stereocenters. The summed E-state index contributed by atoms with van der Waals surface area (Å²) in [6.07, 6.45) is 2.25. The van der Waals surface area contributed by atoms with E-state index in [1.807, 2.05) is 25.1 Å². The molecule has 2 rings (SSSR count). The first-order valence-electron chi connectivity index (χ1n) is 7.65. The number of hydrogen-bond donors (Lipinski definition) is 1. The summed E-state index contributed by atoms with van der Waals surface area (Å²) in [6, 6.07) is 5.76. The highest BCUT2D eigenvalue weighted by Crippen LogP contribution is 2.38. The summed E-state index contributed by atoms with van der Waals surface area (Å²) in [7, 11) is -1.44. The van der Waals surface area contributed by atoms with E-state index in [1.165, 1.54) is 0 Å². The number of methoxy groups -OCH3 is 1. The number of fused-ring (bicyclic) bond motifs is 1. The molecular formula is C16H25NO3S. The smallest absolute Gasteiger partial charge is 0.155 e. The zero-order chi connectivity index (χ0) is 15.5. The molecule has 118 valence electrons. The van der Waals surface area contributed by atoms with E-state index < -0.39 is 9.84 Å². The van der Waals surface area contributed by atoms with Gasteiger partial charge in [0.2, 0.25) is 0 Å². The second-order valence-corrected chi connectivity index (χ2v) is 7.95. The summed E-state index contributed by atoms with van der Waals surface area (Å²) in [5.74, 6) is 1.04. The molecule has 1 N–H and O–H groups in total. The van der Waals surface area contributed by atoms with Crippen LogP contribution in [0.4, 0.5) is 0 Å². The van der Waals surface area contributed by atoms with Gasteiger partial charge in [-0.25, -0.2) is 8.42 Å². The zero-order valence-electron chi connectivity index (χ0n) is 13.1. The molecule has 2 atom stereocenters. The lowest BCUT2D eigenvalue weighted by molar-refractivity contribution is 0.413. The van der Waals surface area contributed by atoms with Crippen LogP contribution in [-0.2, 0) is 16.3 Å². The van der Waals surface area contributed by atoms with Gasteiger partial charge in [-0.1, -0.05) is 19.9 Å². The predicted octanol–water partition coefficient (Wildman–Crippen LogP) is 2.49. The monoisotopic (exact) mass is 311 g/mol. The van der Waals surface area contributed by atoms with Gasteiger partial charge in [-0.15, -0.1) is 0 Å². The first-order valence-corrected chi connectivity index (χ1v) is 9.36. The average Bonchev–Trinajstić information content (AvgIpc) is 2.83. The average molecular weight is 311 g/mol. The Balaban J connectivity index is 2.36. The minimum atomic E-state index is -3.08. The van der Waals surface area contributed by atoms with Crippen LogP contribution in [-0.4, -0.2) is 33.1 Å². The topological polar surface area (TPSA) is 55.4 Å². The Morgan fingerprint density at radius 2 is 2.05 bits per heavy atom. The molecule has 4 nitrogen and oxygen atoms in total. The molecule has 1 aliphatic rings. The summed E-state index contributed by atoms with van der Waals surface area (Å²) < 4.78 is 30.4. The molecule has 21 heavy (non-hydrogen) atoms. The zero-order valence-corrected chi connectivity index (χ0v) is 13.9. The number of hydrogen-bond acceptors (Lipinski definition) is 4. The van der Waals surface area contributed by atoms with Crippen molar-refractivity contribution in [1.29, 1.82) is 0 Å². The largest absolute Gasteiger partial charge is 0.497 e. The fraction of sp³-hybridized carbons (Fsp3) is 0.625. The van der Waals surface area contributed by atoms with Crippen molar-refractivity contribution in [3.63, 3.8) is 0 Å². The van der Waals surface area contributed by atoms with E-state index in [2.05, 4.69) is 12.2 Å². The molecule has 1 aromatic carbocycles. The van der Waals surface area contributed by atoms with Gasteiger partial charge in [0.25, 0.3) is 0 Å². The van der Waals surface area contributed by atoms with E-state index in [4.69, 9.17) is 4.74 Å². The second-order valence-electron chi connectivity index (χ2n) is 5.61. The van der Waals surface area contributed by atoms with Crippen LogP contribution >= 0.6 is 0 Å². The molecule has 0 bridgehead atoms. The van der Waals surface area contributed by atoms with Crippen LogP contribution in [0.15, 0.2) is 18.2 Å². The molecule has 0 amide bonds. The van der Waals surface area contributed by atoms with Gasteiger partial charge in [0.05, 0.1) is 18.1 Å². The minimum absolute atomic E-state index is 0.119. The molecule has 0 aromatic heterocycles. The summed E-state index contributed by atoms with van der Waals surface area (Å²) >= 11 is 0. The van der Waals surface area contributed by atoms with Crippen molar-refractivity contribution < 1.29 is 13.2 Å². The molecule has 0 spiro atoms. The number of nitrogens with one attached hydrogen (secondary N) is 1. The maximum absolute atomic E-state index is 12.6. The summed E-state index contributed by atoms with van der Waals surface area (Å²) in [5, 5.41) is 3.06. The third-order valence-electron chi connectivity index (χ3n) is 4.05. The van der Waals surface area contributed by atoms with E-state index in [9.17, 15) is 8.42 Å². The molecule has 0 saturated carbocycles. The van der Waals surface area contributed by atoms with Crippen molar-refractivity contribution in [1.82, 2.24) is 5.32 Å². The van der Waals surface area contributed by atoms with Gasteiger partial charge in [0.15, 0.2) is 9.84 Å². The van der Waals surface area contributed by atoms with Crippen molar-refractivity contribution in [3.05, 3.63) is 29.3 Å². The molecule has 0 fully saturated rings. The van der Waals surface area contributed by atoms with Crippen LogP contribution in [0, 0.1) is 0 Å². The normalized spacial score (nSPS) is 21.3.